The quantitative estimate of drug-likeness (QED) is 0.486. The first kappa shape index (κ1) is 23.2. The van der Waals surface area contributed by atoms with Crippen LogP contribution in [0.1, 0.15) is 50.7 Å². The summed E-state index contributed by atoms with van der Waals surface area (Å²) < 4.78 is 17.7. The van der Waals surface area contributed by atoms with Gasteiger partial charge in [-0.25, -0.2) is 4.99 Å². The number of hydrogen-bond acceptors (Lipinski definition) is 4. The van der Waals surface area contributed by atoms with Crippen LogP contribution in [0, 0.1) is 0 Å². The fourth-order valence-electron chi connectivity index (χ4n) is 4.29. The molecule has 3 unspecified atom stereocenters. The van der Waals surface area contributed by atoms with Gasteiger partial charge in [0, 0.05) is 54.0 Å². The average molecular weight is 435 g/mol. The second-order valence-electron chi connectivity index (χ2n) is 8.15. The molecule has 6 nitrogen and oxygen atoms in total. The molecule has 30 heavy (non-hydrogen) atoms. The first-order valence-corrected chi connectivity index (χ1v) is 12.9. The van der Waals surface area contributed by atoms with Gasteiger partial charge in [0.05, 0.1) is 19.8 Å². The topological polar surface area (TPSA) is 66.0 Å². The van der Waals surface area contributed by atoms with E-state index < -0.39 is 10.8 Å². The zero-order valence-corrected chi connectivity index (χ0v) is 19.4. The molecule has 2 fully saturated rings. The van der Waals surface area contributed by atoms with E-state index in [1.165, 1.54) is 11.1 Å². The average Bonchev–Trinajstić information content (AvgIpc) is 2.79. The summed E-state index contributed by atoms with van der Waals surface area (Å²) in [5.74, 6) is 1.62. The number of rotatable bonds is 8. The first-order valence-electron chi connectivity index (χ1n) is 11.5. The van der Waals surface area contributed by atoms with Gasteiger partial charge >= 0.3 is 0 Å². The molecule has 1 aromatic rings. The van der Waals surface area contributed by atoms with Crippen molar-refractivity contribution in [2.24, 2.45) is 4.99 Å². The van der Waals surface area contributed by atoms with Gasteiger partial charge in [0.1, 0.15) is 0 Å². The SMILES string of the molecule is CCNC(=NCc1ccccc1CN1CCOCC1)NC1CCCC(S(=O)CC)C1. The zero-order valence-electron chi connectivity index (χ0n) is 18.6. The largest absolute Gasteiger partial charge is 0.379 e. The van der Waals surface area contributed by atoms with Crippen molar-refractivity contribution in [1.82, 2.24) is 15.5 Å². The summed E-state index contributed by atoms with van der Waals surface area (Å²) in [6.07, 6.45) is 4.31. The van der Waals surface area contributed by atoms with Crippen LogP contribution in [-0.4, -0.2) is 65.0 Å². The summed E-state index contributed by atoms with van der Waals surface area (Å²) in [6, 6.07) is 8.96. The van der Waals surface area contributed by atoms with E-state index in [-0.39, 0.29) is 0 Å². The summed E-state index contributed by atoms with van der Waals surface area (Å²) >= 11 is 0. The lowest BCUT2D eigenvalue weighted by Crippen LogP contribution is -2.46. The number of morpholine rings is 1. The second kappa shape index (κ2) is 12.4. The van der Waals surface area contributed by atoms with Crippen molar-refractivity contribution in [2.45, 2.75) is 63.9 Å². The third kappa shape index (κ3) is 7.06. The van der Waals surface area contributed by atoms with Crippen LogP contribution in [0.4, 0.5) is 0 Å². The van der Waals surface area contributed by atoms with Gasteiger partial charge in [-0.2, -0.15) is 0 Å². The van der Waals surface area contributed by atoms with Gasteiger partial charge in [-0.05, 0) is 37.3 Å². The van der Waals surface area contributed by atoms with Crippen molar-refractivity contribution in [2.75, 3.05) is 38.6 Å². The molecule has 0 radical (unpaired) electrons. The highest BCUT2D eigenvalue weighted by molar-refractivity contribution is 7.85. The number of guanidine groups is 1. The van der Waals surface area contributed by atoms with Crippen LogP contribution >= 0.6 is 0 Å². The fourth-order valence-corrected chi connectivity index (χ4v) is 5.64. The van der Waals surface area contributed by atoms with Gasteiger partial charge in [0.15, 0.2) is 5.96 Å². The van der Waals surface area contributed by atoms with E-state index in [2.05, 4.69) is 46.7 Å². The Morgan fingerprint density at radius 1 is 1.20 bits per heavy atom. The summed E-state index contributed by atoms with van der Waals surface area (Å²) in [5.41, 5.74) is 2.62. The van der Waals surface area contributed by atoms with Crippen LogP contribution in [-0.2, 0) is 28.6 Å². The van der Waals surface area contributed by atoms with Crippen molar-refractivity contribution in [3.63, 3.8) is 0 Å². The number of aliphatic imine (C=N–C) groups is 1. The monoisotopic (exact) mass is 434 g/mol. The van der Waals surface area contributed by atoms with Crippen LogP contribution < -0.4 is 10.6 Å². The molecule has 0 bridgehead atoms. The minimum atomic E-state index is -0.707. The standard InChI is InChI=1S/C23H38N4O2S/c1-3-24-23(26-21-10-7-11-22(16-21)30(28)4-2)25-17-19-8-5-6-9-20(19)18-27-12-14-29-15-13-27/h5-6,8-9,21-22H,3-4,7,10-18H2,1-2H3,(H2,24,25,26). The van der Waals surface area contributed by atoms with Crippen molar-refractivity contribution in [3.8, 4) is 0 Å². The minimum absolute atomic E-state index is 0.318. The molecule has 2 N–H and O–H groups in total. The van der Waals surface area contributed by atoms with Gasteiger partial charge < -0.3 is 15.4 Å². The molecule has 0 aromatic heterocycles. The Morgan fingerprint density at radius 3 is 2.70 bits per heavy atom. The lowest BCUT2D eigenvalue weighted by molar-refractivity contribution is 0.0341. The second-order valence-corrected chi connectivity index (χ2v) is 10.2. The maximum atomic E-state index is 12.3. The van der Waals surface area contributed by atoms with E-state index in [1.54, 1.807) is 0 Å². The van der Waals surface area contributed by atoms with Crippen LogP contribution in [0.25, 0.3) is 0 Å². The molecule has 7 heteroatoms. The Hall–Kier alpha value is -1.44. The van der Waals surface area contributed by atoms with Crippen LogP contribution in [0.3, 0.4) is 0 Å². The molecule has 168 valence electrons. The summed E-state index contributed by atoms with van der Waals surface area (Å²) in [5, 5.41) is 7.33. The maximum absolute atomic E-state index is 12.3. The van der Waals surface area contributed by atoms with E-state index in [1.807, 2.05) is 6.92 Å². The van der Waals surface area contributed by atoms with Gasteiger partial charge in [0.25, 0.3) is 0 Å². The molecular formula is C23H38N4O2S. The Kier molecular flexibility index (Phi) is 9.62. The molecule has 1 aromatic carbocycles. The van der Waals surface area contributed by atoms with E-state index >= 15 is 0 Å². The zero-order chi connectivity index (χ0) is 21.2. The van der Waals surface area contributed by atoms with Gasteiger partial charge in [-0.1, -0.05) is 37.6 Å². The lowest BCUT2D eigenvalue weighted by atomic mass is 9.95. The van der Waals surface area contributed by atoms with Crippen molar-refractivity contribution < 1.29 is 8.95 Å². The lowest BCUT2D eigenvalue weighted by Gasteiger charge is -2.30. The molecule has 1 saturated heterocycles. The number of benzene rings is 1. The van der Waals surface area contributed by atoms with Crippen LogP contribution in [0.2, 0.25) is 0 Å². The van der Waals surface area contributed by atoms with Crippen molar-refractivity contribution in [1.29, 1.82) is 0 Å². The molecule has 3 atom stereocenters. The predicted octanol–water partition coefficient (Wildman–Crippen LogP) is 2.65. The molecule has 0 spiro atoms. The Morgan fingerprint density at radius 2 is 1.97 bits per heavy atom. The molecule has 0 amide bonds. The Bertz CT molecular complexity index is 706. The number of nitrogens with zero attached hydrogens (tertiary/aromatic N) is 2. The van der Waals surface area contributed by atoms with Gasteiger partial charge in [-0.15, -0.1) is 0 Å². The molecule has 1 aliphatic carbocycles. The molecule has 1 saturated carbocycles. The van der Waals surface area contributed by atoms with E-state index in [0.717, 1.165) is 76.8 Å². The third-order valence-corrected chi connectivity index (χ3v) is 7.73. The van der Waals surface area contributed by atoms with E-state index in [9.17, 15) is 4.21 Å². The number of nitrogens with one attached hydrogen (secondary N) is 2. The predicted molar refractivity (Wildman–Crippen MR) is 125 cm³/mol. The highest BCUT2D eigenvalue weighted by atomic mass is 32.2. The highest BCUT2D eigenvalue weighted by Crippen LogP contribution is 2.23. The summed E-state index contributed by atoms with van der Waals surface area (Å²) in [6.45, 7) is 10.2. The molecular weight excluding hydrogens is 396 g/mol. The van der Waals surface area contributed by atoms with Crippen LogP contribution in [0.5, 0.6) is 0 Å². The van der Waals surface area contributed by atoms with Crippen molar-refractivity contribution >= 4 is 16.8 Å². The number of ether oxygens (including phenoxy) is 1. The molecule has 1 aliphatic heterocycles. The molecule has 3 rings (SSSR count). The smallest absolute Gasteiger partial charge is 0.191 e. The molecule has 1 heterocycles. The van der Waals surface area contributed by atoms with Gasteiger partial charge in [-0.3, -0.25) is 9.11 Å². The normalized spacial score (nSPS) is 24.4. The highest BCUT2D eigenvalue weighted by Gasteiger charge is 2.26. The fraction of sp³-hybridized carbons (Fsp3) is 0.696. The van der Waals surface area contributed by atoms with Crippen molar-refractivity contribution in [3.05, 3.63) is 35.4 Å². The Labute approximate surface area is 184 Å². The van der Waals surface area contributed by atoms with Crippen LogP contribution in [0.15, 0.2) is 29.3 Å². The van der Waals surface area contributed by atoms with E-state index in [0.29, 0.717) is 17.8 Å². The number of hydrogen-bond donors (Lipinski definition) is 2. The third-order valence-electron chi connectivity index (χ3n) is 5.99. The Balaban J connectivity index is 1.62. The maximum Gasteiger partial charge on any atom is 0.191 e. The van der Waals surface area contributed by atoms with E-state index in [4.69, 9.17) is 9.73 Å². The minimum Gasteiger partial charge on any atom is -0.379 e. The molecule has 2 aliphatic rings. The summed E-state index contributed by atoms with van der Waals surface area (Å²) in [4.78, 5) is 7.35. The summed E-state index contributed by atoms with van der Waals surface area (Å²) in [7, 11) is -0.707. The van der Waals surface area contributed by atoms with Gasteiger partial charge in [0.2, 0.25) is 0 Å². The first-order chi connectivity index (χ1) is 14.7.